The monoisotopic (exact) mass is 643 g/mol. The van der Waals surface area contributed by atoms with Gasteiger partial charge < -0.3 is 9.84 Å². The SMILES string of the molecule is CCCCOc1ccc(C(O)=C2C(=O)C(=O)N(c3nnc(SCc4ccc(F)cc4)s3)[C@@H]2c2ccc(Cl)c(Cl)c2)cc1. The van der Waals surface area contributed by atoms with Crippen molar-refractivity contribution >= 4 is 68.9 Å². The van der Waals surface area contributed by atoms with Gasteiger partial charge in [0.1, 0.15) is 17.3 Å². The lowest BCUT2D eigenvalue weighted by Crippen LogP contribution is -2.29. The molecule has 1 saturated heterocycles. The third-order valence-corrected chi connectivity index (χ3v) is 9.34. The molecule has 0 spiro atoms. The quantitative estimate of drug-likeness (QED) is 0.0466. The number of benzene rings is 3. The molecule has 1 atom stereocenters. The predicted octanol–water partition coefficient (Wildman–Crippen LogP) is 8.08. The summed E-state index contributed by atoms with van der Waals surface area (Å²) in [7, 11) is 0. The lowest BCUT2D eigenvalue weighted by molar-refractivity contribution is -0.132. The molecule has 0 aliphatic carbocycles. The minimum atomic E-state index is -1.04. The number of amides is 1. The largest absolute Gasteiger partial charge is 0.507 e. The number of ketones is 1. The number of carbonyl (C=O) groups is 2. The second-order valence-electron chi connectivity index (χ2n) is 9.33. The molecule has 1 aliphatic rings. The zero-order valence-electron chi connectivity index (χ0n) is 22.2. The fourth-order valence-electron chi connectivity index (χ4n) is 4.31. The Morgan fingerprint density at radius 1 is 1.05 bits per heavy atom. The Hall–Kier alpha value is -3.44. The van der Waals surface area contributed by atoms with Crippen molar-refractivity contribution in [2.75, 3.05) is 11.5 Å². The zero-order chi connectivity index (χ0) is 29.8. The number of rotatable bonds is 10. The van der Waals surface area contributed by atoms with Crippen LogP contribution in [-0.2, 0) is 15.3 Å². The van der Waals surface area contributed by atoms with Gasteiger partial charge in [0.25, 0.3) is 5.78 Å². The van der Waals surface area contributed by atoms with Crippen molar-refractivity contribution in [1.29, 1.82) is 0 Å². The number of nitrogens with zero attached hydrogens (tertiary/aromatic N) is 3. The van der Waals surface area contributed by atoms with Crippen LogP contribution in [0.2, 0.25) is 10.0 Å². The average molecular weight is 645 g/mol. The molecule has 12 heteroatoms. The van der Waals surface area contributed by atoms with Crippen LogP contribution in [0.3, 0.4) is 0 Å². The maximum Gasteiger partial charge on any atom is 0.301 e. The first-order valence-electron chi connectivity index (χ1n) is 13.0. The topological polar surface area (TPSA) is 92.6 Å². The van der Waals surface area contributed by atoms with Crippen molar-refractivity contribution in [3.63, 3.8) is 0 Å². The first-order chi connectivity index (χ1) is 20.3. The highest BCUT2D eigenvalue weighted by molar-refractivity contribution is 8.00. The Kier molecular flexibility index (Phi) is 9.47. The summed E-state index contributed by atoms with van der Waals surface area (Å²) in [5.41, 5.74) is 1.57. The molecule has 1 N–H and O–H groups in total. The summed E-state index contributed by atoms with van der Waals surface area (Å²) < 4.78 is 19.5. The maximum atomic E-state index is 13.5. The van der Waals surface area contributed by atoms with Gasteiger partial charge in [0.2, 0.25) is 5.13 Å². The number of ether oxygens (including phenoxy) is 1. The van der Waals surface area contributed by atoms with Crippen molar-refractivity contribution < 1.29 is 23.8 Å². The Bertz CT molecular complexity index is 1650. The number of aromatic nitrogens is 2. The van der Waals surface area contributed by atoms with E-state index in [1.807, 2.05) is 0 Å². The van der Waals surface area contributed by atoms with Gasteiger partial charge in [-0.3, -0.25) is 14.5 Å². The van der Waals surface area contributed by atoms with E-state index in [4.69, 9.17) is 27.9 Å². The fourth-order valence-corrected chi connectivity index (χ4v) is 6.44. The van der Waals surface area contributed by atoms with E-state index < -0.39 is 17.7 Å². The highest BCUT2D eigenvalue weighted by atomic mass is 35.5. The molecular weight excluding hydrogens is 620 g/mol. The smallest absolute Gasteiger partial charge is 0.301 e. The molecule has 7 nitrogen and oxygen atoms in total. The fraction of sp³-hybridized carbons (Fsp3) is 0.200. The minimum absolute atomic E-state index is 0.117. The Labute approximate surface area is 259 Å². The second kappa shape index (κ2) is 13.2. The molecule has 0 radical (unpaired) electrons. The summed E-state index contributed by atoms with van der Waals surface area (Å²) in [5, 5.41) is 20.5. The summed E-state index contributed by atoms with van der Waals surface area (Å²) in [6, 6.07) is 16.5. The molecule has 1 fully saturated rings. The predicted molar refractivity (Wildman–Crippen MR) is 164 cm³/mol. The summed E-state index contributed by atoms with van der Waals surface area (Å²) in [6.07, 6.45) is 1.91. The van der Waals surface area contributed by atoms with Gasteiger partial charge in [0, 0.05) is 11.3 Å². The molecule has 1 aromatic heterocycles. The van der Waals surface area contributed by atoms with E-state index in [0.29, 0.717) is 38.6 Å². The molecule has 2 heterocycles. The number of thioether (sulfide) groups is 1. The molecule has 0 bridgehead atoms. The number of hydrogen-bond donors (Lipinski definition) is 1. The van der Waals surface area contributed by atoms with Gasteiger partial charge in [-0.15, -0.1) is 10.2 Å². The summed E-state index contributed by atoms with van der Waals surface area (Å²) in [6.45, 7) is 2.63. The van der Waals surface area contributed by atoms with Crippen LogP contribution in [0.1, 0.15) is 42.5 Å². The number of aliphatic hydroxyl groups excluding tert-OH is 1. The van der Waals surface area contributed by atoms with Gasteiger partial charge >= 0.3 is 5.91 Å². The van der Waals surface area contributed by atoms with Gasteiger partial charge in [-0.1, -0.05) is 77.8 Å². The third-order valence-electron chi connectivity index (χ3n) is 6.48. The number of aliphatic hydroxyl groups is 1. The molecule has 216 valence electrons. The van der Waals surface area contributed by atoms with Gasteiger partial charge in [0.15, 0.2) is 4.34 Å². The van der Waals surface area contributed by atoms with Crippen LogP contribution in [0, 0.1) is 5.82 Å². The van der Waals surface area contributed by atoms with Crippen molar-refractivity contribution in [1.82, 2.24) is 10.2 Å². The number of halogens is 3. The van der Waals surface area contributed by atoms with Crippen molar-refractivity contribution in [2.24, 2.45) is 0 Å². The van der Waals surface area contributed by atoms with Gasteiger partial charge in [-0.25, -0.2) is 4.39 Å². The number of unbranched alkanes of at least 4 members (excludes halogenated alkanes) is 1. The Morgan fingerprint density at radius 3 is 2.48 bits per heavy atom. The molecule has 5 rings (SSSR count). The zero-order valence-corrected chi connectivity index (χ0v) is 25.4. The Balaban J connectivity index is 1.50. The standard InChI is InChI=1S/C30H24Cl2FN3O4S2/c1-2-3-14-40-21-11-6-18(7-12-21)26(37)24-25(19-8-13-22(31)23(32)15-19)36(28(39)27(24)38)29-34-35-30(42-29)41-16-17-4-9-20(33)10-5-17/h4-13,15,25,37H,2-3,14,16H2,1H3/t25-/m1/s1. The van der Waals surface area contributed by atoms with Crippen LogP contribution < -0.4 is 9.64 Å². The minimum Gasteiger partial charge on any atom is -0.507 e. The van der Waals surface area contributed by atoms with E-state index >= 15 is 0 Å². The molecule has 0 saturated carbocycles. The lowest BCUT2D eigenvalue weighted by Gasteiger charge is -2.23. The molecule has 4 aromatic rings. The summed E-state index contributed by atoms with van der Waals surface area (Å²) in [4.78, 5) is 28.1. The van der Waals surface area contributed by atoms with E-state index in [-0.39, 0.29) is 27.3 Å². The molecular formula is C30H24Cl2FN3O4S2. The van der Waals surface area contributed by atoms with Gasteiger partial charge in [-0.2, -0.15) is 0 Å². The number of hydrogen-bond acceptors (Lipinski definition) is 8. The first-order valence-corrected chi connectivity index (χ1v) is 15.5. The highest BCUT2D eigenvalue weighted by Crippen LogP contribution is 2.45. The van der Waals surface area contributed by atoms with Crippen LogP contribution in [0.25, 0.3) is 5.76 Å². The van der Waals surface area contributed by atoms with Crippen LogP contribution in [0.15, 0.2) is 76.6 Å². The number of Topliss-reactive ketones (excluding diaryl/α,β-unsaturated/α-hetero) is 1. The normalized spacial score (nSPS) is 16.3. The maximum absolute atomic E-state index is 13.5. The van der Waals surface area contributed by atoms with E-state index in [1.165, 1.54) is 28.8 Å². The van der Waals surface area contributed by atoms with E-state index in [2.05, 4.69) is 17.1 Å². The first kappa shape index (κ1) is 30.0. The summed E-state index contributed by atoms with van der Waals surface area (Å²) in [5.74, 6) is -1.28. The van der Waals surface area contributed by atoms with Crippen molar-refractivity contribution in [3.05, 3.63) is 105 Å². The van der Waals surface area contributed by atoms with E-state index in [1.54, 1.807) is 54.6 Å². The van der Waals surface area contributed by atoms with Crippen LogP contribution in [0.5, 0.6) is 5.75 Å². The lowest BCUT2D eigenvalue weighted by atomic mass is 9.95. The average Bonchev–Trinajstić information content (AvgIpc) is 3.56. The van der Waals surface area contributed by atoms with Crippen LogP contribution in [-0.4, -0.2) is 33.6 Å². The van der Waals surface area contributed by atoms with E-state index in [9.17, 15) is 19.1 Å². The van der Waals surface area contributed by atoms with Crippen LogP contribution in [0.4, 0.5) is 9.52 Å². The molecule has 1 amide bonds. The van der Waals surface area contributed by atoms with Crippen LogP contribution >= 0.6 is 46.3 Å². The van der Waals surface area contributed by atoms with Gasteiger partial charge in [-0.05, 0) is 66.1 Å². The molecule has 1 aliphatic heterocycles. The van der Waals surface area contributed by atoms with Gasteiger partial charge in [0.05, 0.1) is 28.3 Å². The Morgan fingerprint density at radius 2 is 1.79 bits per heavy atom. The highest BCUT2D eigenvalue weighted by Gasteiger charge is 2.48. The van der Waals surface area contributed by atoms with Crippen molar-refractivity contribution in [3.8, 4) is 5.75 Å². The third kappa shape index (κ3) is 6.47. The van der Waals surface area contributed by atoms with E-state index in [0.717, 1.165) is 29.7 Å². The number of anilines is 1. The molecule has 0 unspecified atom stereocenters. The number of carbonyl (C=O) groups excluding carboxylic acids is 2. The molecule has 42 heavy (non-hydrogen) atoms. The van der Waals surface area contributed by atoms with Crippen molar-refractivity contribution in [2.45, 2.75) is 35.9 Å². The summed E-state index contributed by atoms with van der Waals surface area (Å²) >= 11 is 15.0. The molecule has 3 aromatic carbocycles. The second-order valence-corrected chi connectivity index (χ2v) is 12.3.